The van der Waals surface area contributed by atoms with Crippen molar-refractivity contribution in [3.8, 4) is 5.69 Å². The molecule has 1 N–H and O–H groups in total. The molecular formula is C29H41Cl2N5O. The number of benzene rings is 2. The molecule has 1 saturated heterocycles. The van der Waals surface area contributed by atoms with Crippen molar-refractivity contribution in [3.05, 3.63) is 76.9 Å². The summed E-state index contributed by atoms with van der Waals surface area (Å²) in [6.45, 7) is 14.4. The van der Waals surface area contributed by atoms with E-state index in [0.29, 0.717) is 12.2 Å². The topological polar surface area (TPSA) is 53.4 Å². The Morgan fingerprint density at radius 2 is 1.65 bits per heavy atom. The zero-order valence-electron chi connectivity index (χ0n) is 22.5. The van der Waals surface area contributed by atoms with Gasteiger partial charge in [-0.3, -0.25) is 9.69 Å². The first-order chi connectivity index (χ1) is 17.0. The van der Waals surface area contributed by atoms with Crippen LogP contribution in [0.15, 0.2) is 48.5 Å². The van der Waals surface area contributed by atoms with Gasteiger partial charge in [-0.15, -0.1) is 24.8 Å². The van der Waals surface area contributed by atoms with Crippen LogP contribution in [0.3, 0.4) is 0 Å². The van der Waals surface area contributed by atoms with Crippen LogP contribution in [0.2, 0.25) is 0 Å². The number of rotatable bonds is 9. The van der Waals surface area contributed by atoms with Crippen LogP contribution >= 0.6 is 24.8 Å². The molecule has 2 heterocycles. The predicted molar refractivity (Wildman–Crippen MR) is 158 cm³/mol. The highest BCUT2D eigenvalue weighted by Crippen LogP contribution is 2.24. The molecule has 202 valence electrons. The third-order valence-corrected chi connectivity index (χ3v) is 7.11. The van der Waals surface area contributed by atoms with Crippen molar-refractivity contribution in [2.24, 2.45) is 0 Å². The predicted octanol–water partition coefficient (Wildman–Crippen LogP) is 5.54. The quantitative estimate of drug-likeness (QED) is 0.359. The Kier molecular flexibility index (Phi) is 12.0. The second-order valence-corrected chi connectivity index (χ2v) is 9.54. The normalized spacial score (nSPS) is 13.6. The van der Waals surface area contributed by atoms with Crippen LogP contribution in [0, 0.1) is 20.8 Å². The Labute approximate surface area is 234 Å². The lowest BCUT2D eigenvalue weighted by atomic mass is 10.1. The Morgan fingerprint density at radius 3 is 2.32 bits per heavy atom. The number of aromatic nitrogens is 2. The summed E-state index contributed by atoms with van der Waals surface area (Å²) in [5.41, 5.74) is 6.60. The molecule has 2 aromatic carbocycles. The maximum Gasteiger partial charge on any atom is 0.271 e. The first-order valence-electron chi connectivity index (χ1n) is 12.9. The van der Waals surface area contributed by atoms with Gasteiger partial charge in [0, 0.05) is 50.5 Å². The van der Waals surface area contributed by atoms with E-state index in [4.69, 9.17) is 4.98 Å². The Morgan fingerprint density at radius 1 is 0.946 bits per heavy atom. The number of aryl methyl sites for hydroxylation is 2. The van der Waals surface area contributed by atoms with Gasteiger partial charge in [0.05, 0.1) is 5.69 Å². The van der Waals surface area contributed by atoms with Gasteiger partial charge >= 0.3 is 0 Å². The number of anilines is 1. The van der Waals surface area contributed by atoms with E-state index in [1.807, 2.05) is 25.1 Å². The number of imidazole rings is 1. The van der Waals surface area contributed by atoms with Crippen molar-refractivity contribution < 1.29 is 4.79 Å². The number of hydrogen-bond donors (Lipinski definition) is 1. The van der Waals surface area contributed by atoms with Gasteiger partial charge in [0.1, 0.15) is 11.5 Å². The van der Waals surface area contributed by atoms with Gasteiger partial charge < -0.3 is 14.8 Å². The van der Waals surface area contributed by atoms with Crippen molar-refractivity contribution >= 4 is 36.4 Å². The van der Waals surface area contributed by atoms with Gasteiger partial charge in [-0.1, -0.05) is 37.3 Å². The molecule has 37 heavy (non-hydrogen) atoms. The molecule has 0 unspecified atom stereocenters. The number of amides is 1. The van der Waals surface area contributed by atoms with Crippen molar-refractivity contribution in [3.63, 3.8) is 0 Å². The van der Waals surface area contributed by atoms with E-state index in [1.165, 1.54) is 16.8 Å². The van der Waals surface area contributed by atoms with Gasteiger partial charge in [-0.25, -0.2) is 4.98 Å². The number of hydrogen-bond acceptors (Lipinski definition) is 4. The minimum Gasteiger partial charge on any atom is -0.369 e. The summed E-state index contributed by atoms with van der Waals surface area (Å²) in [5.74, 6) is 0.873. The summed E-state index contributed by atoms with van der Waals surface area (Å²) in [4.78, 5) is 22.7. The van der Waals surface area contributed by atoms with Crippen LogP contribution in [-0.4, -0.2) is 59.6 Å². The fourth-order valence-corrected chi connectivity index (χ4v) is 4.96. The molecule has 6 nitrogen and oxygen atoms in total. The third-order valence-electron chi connectivity index (χ3n) is 7.11. The number of piperazine rings is 1. The highest BCUT2D eigenvalue weighted by molar-refractivity contribution is 5.93. The third kappa shape index (κ3) is 7.28. The lowest BCUT2D eigenvalue weighted by Crippen LogP contribution is -2.47. The summed E-state index contributed by atoms with van der Waals surface area (Å²) in [5, 5.41) is 3.11. The molecule has 0 bridgehead atoms. The fraction of sp³-hybridized carbons (Fsp3) is 0.448. The molecule has 1 fully saturated rings. The van der Waals surface area contributed by atoms with Gasteiger partial charge in [-0.2, -0.15) is 0 Å². The molecule has 3 aromatic rings. The number of halogens is 2. The second kappa shape index (κ2) is 14.4. The molecule has 0 spiro atoms. The van der Waals surface area contributed by atoms with E-state index in [9.17, 15) is 4.79 Å². The summed E-state index contributed by atoms with van der Waals surface area (Å²) in [7, 11) is 0. The second-order valence-electron chi connectivity index (χ2n) is 9.54. The maximum atomic E-state index is 13.0. The molecule has 0 atom stereocenters. The van der Waals surface area contributed by atoms with Crippen molar-refractivity contribution in [2.75, 3.05) is 44.2 Å². The molecule has 0 aliphatic carbocycles. The average molecular weight is 547 g/mol. The van der Waals surface area contributed by atoms with Crippen molar-refractivity contribution in [1.82, 2.24) is 19.8 Å². The van der Waals surface area contributed by atoms with E-state index in [1.54, 1.807) is 0 Å². The van der Waals surface area contributed by atoms with Crippen LogP contribution in [0.25, 0.3) is 5.69 Å². The number of carbonyl (C=O) groups is 1. The molecule has 1 aliphatic heterocycles. The smallest absolute Gasteiger partial charge is 0.271 e. The van der Waals surface area contributed by atoms with Gasteiger partial charge in [0.15, 0.2) is 0 Å². The highest BCUT2D eigenvalue weighted by atomic mass is 35.5. The maximum absolute atomic E-state index is 13.0. The largest absolute Gasteiger partial charge is 0.369 e. The summed E-state index contributed by atoms with van der Waals surface area (Å²) < 4.78 is 2.12. The van der Waals surface area contributed by atoms with Crippen molar-refractivity contribution in [1.29, 1.82) is 0 Å². The molecule has 1 aromatic heterocycles. The van der Waals surface area contributed by atoms with Gasteiger partial charge in [0.25, 0.3) is 5.91 Å². The summed E-state index contributed by atoms with van der Waals surface area (Å²) in [6, 6.07) is 16.8. The molecule has 0 radical (unpaired) electrons. The average Bonchev–Trinajstić information content (AvgIpc) is 3.20. The summed E-state index contributed by atoms with van der Waals surface area (Å²) >= 11 is 0. The molecular weight excluding hydrogens is 505 g/mol. The molecule has 1 amide bonds. The number of carbonyl (C=O) groups excluding carboxylic acids is 1. The van der Waals surface area contributed by atoms with E-state index < -0.39 is 0 Å². The monoisotopic (exact) mass is 545 g/mol. The summed E-state index contributed by atoms with van der Waals surface area (Å²) in [6.07, 6.45) is 2.77. The van der Waals surface area contributed by atoms with E-state index >= 15 is 0 Å². The van der Waals surface area contributed by atoms with Gasteiger partial charge in [-0.05, 0) is 69.5 Å². The lowest BCUT2D eigenvalue weighted by molar-refractivity contribution is 0.0946. The zero-order valence-corrected chi connectivity index (χ0v) is 24.1. The van der Waals surface area contributed by atoms with E-state index in [0.717, 1.165) is 69.2 Å². The van der Waals surface area contributed by atoms with Crippen LogP contribution < -0.4 is 10.2 Å². The molecule has 0 saturated carbocycles. The van der Waals surface area contributed by atoms with Crippen LogP contribution in [0.1, 0.15) is 52.9 Å². The zero-order chi connectivity index (χ0) is 24.8. The first kappa shape index (κ1) is 30.7. The fourth-order valence-electron chi connectivity index (χ4n) is 4.96. The number of nitrogens with one attached hydrogen (secondary N) is 1. The van der Waals surface area contributed by atoms with Crippen LogP contribution in [0.5, 0.6) is 0 Å². The minimum atomic E-state index is -0.0747. The SMILES string of the molecule is CCCc1nc(C(=O)NCCCN2CCN(c3cccc(C)c3C)CC2)c(C)n1-c1ccccc1.Cl.Cl. The Hall–Kier alpha value is -2.54. The van der Waals surface area contributed by atoms with E-state index in [2.05, 4.69) is 70.8 Å². The van der Waals surface area contributed by atoms with Crippen molar-refractivity contribution in [2.45, 2.75) is 47.0 Å². The Balaban J connectivity index is 0.00000241. The minimum absolute atomic E-state index is 0. The van der Waals surface area contributed by atoms with E-state index in [-0.39, 0.29) is 30.7 Å². The molecule has 4 rings (SSSR count). The molecule has 8 heteroatoms. The van der Waals surface area contributed by atoms with Gasteiger partial charge in [0.2, 0.25) is 0 Å². The number of para-hydroxylation sites is 1. The standard InChI is InChI=1S/C29H39N5O.2ClH/c1-5-11-27-31-28(24(4)34(27)25-13-7-6-8-14-25)29(35)30-16-10-17-32-18-20-33(21-19-32)26-15-9-12-22(2)23(26)3;;/h6-9,12-15H,5,10-11,16-21H2,1-4H3,(H,30,35);2*1H. The van der Waals surface area contributed by atoms with Crippen LogP contribution in [-0.2, 0) is 6.42 Å². The van der Waals surface area contributed by atoms with Crippen LogP contribution in [0.4, 0.5) is 5.69 Å². The highest BCUT2D eigenvalue weighted by Gasteiger charge is 2.21. The Bertz CT molecular complexity index is 1140. The number of nitrogens with zero attached hydrogens (tertiary/aromatic N) is 4. The lowest BCUT2D eigenvalue weighted by Gasteiger charge is -2.37. The first-order valence-corrected chi connectivity index (χ1v) is 12.9. The molecule has 1 aliphatic rings.